The van der Waals surface area contributed by atoms with Crippen LogP contribution in [0.2, 0.25) is 0 Å². The van der Waals surface area contributed by atoms with E-state index in [4.69, 9.17) is 9.41 Å². The third-order valence-electron chi connectivity index (χ3n) is 10.3. The summed E-state index contributed by atoms with van der Waals surface area (Å²) < 4.78 is 108. The highest BCUT2D eigenvalue weighted by Crippen LogP contribution is 2.44. The normalized spacial score (nSPS) is 13.4. The van der Waals surface area contributed by atoms with Crippen molar-refractivity contribution in [3.63, 3.8) is 0 Å². The number of anilines is 2. The summed E-state index contributed by atoms with van der Waals surface area (Å²) in [5.74, 6) is 0.331. The molecule has 2 aliphatic rings. The van der Waals surface area contributed by atoms with Crippen LogP contribution < -0.4 is 15.4 Å². The van der Waals surface area contributed by atoms with E-state index in [1.165, 1.54) is 0 Å². The van der Waals surface area contributed by atoms with Crippen molar-refractivity contribution in [2.24, 2.45) is 10.4 Å². The second kappa shape index (κ2) is 15.5. The average Bonchev–Trinajstić information content (AvgIpc) is 3.07. The van der Waals surface area contributed by atoms with Crippen molar-refractivity contribution in [2.45, 2.75) is 103 Å². The molecule has 0 unspecified atom stereocenters. The second-order valence-electron chi connectivity index (χ2n) is 17.4. The van der Waals surface area contributed by atoms with Crippen molar-refractivity contribution in [3.05, 3.63) is 112 Å². The van der Waals surface area contributed by atoms with Crippen LogP contribution in [-0.4, -0.2) is 39.9 Å². The van der Waals surface area contributed by atoms with Crippen molar-refractivity contribution >= 4 is 58.3 Å². The first-order valence-corrected chi connectivity index (χ1v) is 23.6. The van der Waals surface area contributed by atoms with E-state index in [0.717, 1.165) is 5.56 Å². The van der Waals surface area contributed by atoms with Gasteiger partial charge in [-0.1, -0.05) is 51.1 Å². The van der Waals surface area contributed by atoms with Crippen LogP contribution in [0.25, 0.3) is 33.4 Å². The molecule has 15 heteroatoms. The molecule has 12 nitrogen and oxygen atoms in total. The van der Waals surface area contributed by atoms with Gasteiger partial charge in [-0.2, -0.15) is 16.8 Å². The Bertz CT molecular complexity index is 3110. The molecule has 0 spiro atoms. The Kier molecular flexibility index (Phi) is 11.6. The number of fused-ring (bicyclic) bond motifs is 2. The van der Waals surface area contributed by atoms with E-state index < -0.39 is 35.8 Å². The summed E-state index contributed by atoms with van der Waals surface area (Å²) in [7, 11) is -13.2. The van der Waals surface area contributed by atoms with E-state index in [2.05, 4.69) is 30.8 Å². The zero-order valence-electron chi connectivity index (χ0n) is 35.6. The summed E-state index contributed by atoms with van der Waals surface area (Å²) >= 11 is 0. The highest BCUT2D eigenvalue weighted by atomic mass is 32.2. The monoisotopic (exact) mass is 873 g/mol. The van der Waals surface area contributed by atoms with Crippen molar-refractivity contribution in [3.8, 4) is 22.5 Å². The number of hydrogen-bond donors (Lipinski definition) is 4. The summed E-state index contributed by atoms with van der Waals surface area (Å²) in [6.45, 7) is 19.9. The molecular weight excluding hydrogens is 823 g/mol. The number of nitrogens with one attached hydrogen (secondary N) is 2. The maximum atomic E-state index is 14.4. The summed E-state index contributed by atoms with van der Waals surface area (Å²) in [6.07, 6.45) is 0.566. The lowest BCUT2D eigenvalue weighted by Gasteiger charge is -2.33. The Morgan fingerprint density at radius 3 is 1.88 bits per heavy atom. The zero-order valence-corrected chi connectivity index (χ0v) is 38.0. The topological polar surface area (TPSA) is 192 Å². The van der Waals surface area contributed by atoms with Gasteiger partial charge in [-0.15, -0.1) is 0 Å². The SMILES string of the molecule is Cc1cc(C)c(S(=O)(=O)O)c(C)c1/N=c1/ccc2c(-c3ccccc3S(=O)(=O)NC(C)(C)CC(C)(C)C)c3ccc(Nc4c(C)cc(C)c(S(=O)(=O)O)c4C)cc3oc-2c1. The minimum absolute atomic E-state index is 0.0593. The molecule has 318 valence electrons. The van der Waals surface area contributed by atoms with Gasteiger partial charge in [0.05, 0.1) is 15.9 Å². The molecule has 4 aromatic carbocycles. The van der Waals surface area contributed by atoms with Crippen LogP contribution in [0.1, 0.15) is 74.4 Å². The molecule has 1 aliphatic heterocycles. The molecule has 6 rings (SSSR count). The summed E-state index contributed by atoms with van der Waals surface area (Å²) in [6, 6.07) is 20.6. The van der Waals surface area contributed by atoms with Crippen molar-refractivity contribution in [1.29, 1.82) is 0 Å². The highest BCUT2D eigenvalue weighted by Gasteiger charge is 2.33. The quantitative estimate of drug-likeness (QED) is 0.0761. The van der Waals surface area contributed by atoms with Gasteiger partial charge in [0.15, 0.2) is 0 Å². The molecule has 1 aliphatic carbocycles. The Hall–Kier alpha value is -4.90. The Balaban J connectivity index is 1.63. The zero-order chi connectivity index (χ0) is 44.5. The fraction of sp³-hybridized carbons (Fsp3) is 0.311. The maximum Gasteiger partial charge on any atom is 0.295 e. The van der Waals surface area contributed by atoms with E-state index in [0.29, 0.717) is 84.5 Å². The van der Waals surface area contributed by atoms with Crippen molar-refractivity contribution < 1.29 is 38.8 Å². The predicted octanol–water partition coefficient (Wildman–Crippen LogP) is 10.0. The smallest absolute Gasteiger partial charge is 0.295 e. The minimum Gasteiger partial charge on any atom is -0.456 e. The molecule has 0 atom stereocenters. The number of aryl methyl sites for hydroxylation is 4. The van der Waals surface area contributed by atoms with Crippen molar-refractivity contribution in [1.82, 2.24) is 4.72 Å². The predicted molar refractivity (Wildman–Crippen MR) is 236 cm³/mol. The Morgan fingerprint density at radius 1 is 0.667 bits per heavy atom. The van der Waals surface area contributed by atoms with Gasteiger partial charge >= 0.3 is 0 Å². The molecule has 0 bridgehead atoms. The molecule has 0 amide bonds. The lowest BCUT2D eigenvalue weighted by molar-refractivity contribution is 0.269. The van der Waals surface area contributed by atoms with Gasteiger partial charge in [0.25, 0.3) is 20.2 Å². The number of sulfonamides is 1. The van der Waals surface area contributed by atoms with Crippen LogP contribution in [-0.2, 0) is 30.3 Å². The third-order valence-corrected chi connectivity index (χ3v) is 14.4. The number of nitrogens with zero attached hydrogens (tertiary/aromatic N) is 1. The summed E-state index contributed by atoms with van der Waals surface area (Å²) in [4.78, 5) is 4.47. The van der Waals surface area contributed by atoms with Gasteiger partial charge in [0.2, 0.25) is 10.0 Å². The van der Waals surface area contributed by atoms with Gasteiger partial charge < -0.3 is 9.73 Å². The summed E-state index contributed by atoms with van der Waals surface area (Å²) in [5.41, 5.74) is 5.10. The van der Waals surface area contributed by atoms with E-state index in [1.54, 1.807) is 107 Å². The molecule has 0 aromatic heterocycles. The number of benzene rings is 5. The lowest BCUT2D eigenvalue weighted by atomic mass is 9.82. The largest absolute Gasteiger partial charge is 0.456 e. The van der Waals surface area contributed by atoms with Crippen LogP contribution in [0, 0.1) is 47.0 Å². The molecule has 60 heavy (non-hydrogen) atoms. The molecule has 4 N–H and O–H groups in total. The molecule has 0 saturated carbocycles. The van der Waals surface area contributed by atoms with Gasteiger partial charge in [-0.05, 0) is 131 Å². The maximum absolute atomic E-state index is 14.4. The fourth-order valence-electron chi connectivity index (χ4n) is 8.76. The number of rotatable bonds is 10. The van der Waals surface area contributed by atoms with E-state index in [9.17, 15) is 34.4 Å². The molecule has 0 saturated heterocycles. The van der Waals surface area contributed by atoms with Gasteiger partial charge in [-0.3, -0.25) is 9.11 Å². The number of hydrogen-bond acceptors (Lipinski definition) is 9. The molecule has 1 heterocycles. The van der Waals surface area contributed by atoms with Crippen LogP contribution >= 0.6 is 0 Å². The lowest BCUT2D eigenvalue weighted by Crippen LogP contribution is -2.45. The van der Waals surface area contributed by atoms with Crippen LogP contribution in [0.3, 0.4) is 0 Å². The minimum atomic E-state index is -4.55. The third kappa shape index (κ3) is 9.06. The molecule has 0 radical (unpaired) electrons. The van der Waals surface area contributed by atoms with E-state index >= 15 is 0 Å². The van der Waals surface area contributed by atoms with E-state index in [-0.39, 0.29) is 25.7 Å². The first-order valence-electron chi connectivity index (χ1n) is 19.2. The Labute approximate surface area is 352 Å². The first-order chi connectivity index (χ1) is 27.6. The van der Waals surface area contributed by atoms with Gasteiger partial charge in [0.1, 0.15) is 21.1 Å². The average molecular weight is 874 g/mol. The van der Waals surface area contributed by atoms with E-state index in [1.807, 2.05) is 20.8 Å². The van der Waals surface area contributed by atoms with Crippen LogP contribution in [0.5, 0.6) is 0 Å². The first kappa shape index (κ1) is 44.6. The standard InChI is InChI=1S/C45H51N3O9S3/c1-25-20-27(3)42(59(51,52)53)29(5)40(25)46-31-16-18-33-36(22-31)57-37-23-32(47-41-26(2)21-28(4)43(30(41)6)60(54,55)56)17-19-34(37)39(33)35-14-12-13-15-38(35)58(49,50)48-45(10,11)24-44(7,8)9/h12-23,46,48H,24H2,1-11H3,(H,51,52,53)(H,54,55,56)/b47-32-. The Morgan fingerprint density at radius 2 is 1.27 bits per heavy atom. The van der Waals surface area contributed by atoms with Gasteiger partial charge in [0, 0.05) is 51.1 Å². The van der Waals surface area contributed by atoms with Crippen molar-refractivity contribution in [2.75, 3.05) is 5.32 Å². The molecule has 0 fully saturated rings. The summed E-state index contributed by atoms with van der Waals surface area (Å²) in [5, 5.41) is 4.29. The highest BCUT2D eigenvalue weighted by molar-refractivity contribution is 7.89. The molecule has 4 aromatic rings. The fourth-order valence-corrected chi connectivity index (χ4v) is 12.3. The molecular formula is C45H51N3O9S3. The second-order valence-corrected chi connectivity index (χ2v) is 21.8. The van der Waals surface area contributed by atoms with Gasteiger partial charge in [-0.25, -0.2) is 18.1 Å². The van der Waals surface area contributed by atoms with Crippen LogP contribution in [0.4, 0.5) is 17.1 Å². The van der Waals surface area contributed by atoms with Crippen LogP contribution in [0.15, 0.2) is 96.9 Å².